The van der Waals surface area contributed by atoms with Gasteiger partial charge in [0.15, 0.2) is 0 Å². The summed E-state index contributed by atoms with van der Waals surface area (Å²) in [6, 6.07) is 17.0. The summed E-state index contributed by atoms with van der Waals surface area (Å²) >= 11 is 0. The molecule has 0 saturated carbocycles. The zero-order valence-corrected chi connectivity index (χ0v) is 16.7. The van der Waals surface area contributed by atoms with E-state index in [0.29, 0.717) is 17.3 Å². The van der Waals surface area contributed by atoms with Crippen LogP contribution in [0.5, 0.6) is 11.5 Å². The average molecular weight is 414 g/mol. The van der Waals surface area contributed by atoms with Crippen molar-refractivity contribution in [3.63, 3.8) is 0 Å². The molecule has 4 rings (SSSR count). The van der Waals surface area contributed by atoms with Crippen LogP contribution >= 0.6 is 12.4 Å². The van der Waals surface area contributed by atoms with Crippen LogP contribution in [0.4, 0.5) is 5.82 Å². The summed E-state index contributed by atoms with van der Waals surface area (Å²) < 4.78 is 7.55. The fraction of sp³-hybridized carbons (Fsp3) is 0.238. The van der Waals surface area contributed by atoms with Crippen LogP contribution in [0.25, 0.3) is 11.3 Å². The van der Waals surface area contributed by atoms with Gasteiger partial charge in [0.1, 0.15) is 28.6 Å². The first-order valence-corrected chi connectivity index (χ1v) is 9.35. The Labute approximate surface area is 175 Å². The lowest BCUT2D eigenvalue weighted by Crippen LogP contribution is -2.32. The number of anilines is 1. The van der Waals surface area contributed by atoms with Gasteiger partial charge in [0, 0.05) is 12.1 Å². The summed E-state index contributed by atoms with van der Waals surface area (Å²) in [4.78, 5) is 12.1. The minimum atomic E-state index is -0.577. The number of piperidine rings is 1. The predicted octanol–water partition coefficient (Wildman–Crippen LogP) is 3.37. The van der Waals surface area contributed by atoms with Crippen molar-refractivity contribution in [2.45, 2.75) is 18.9 Å². The maximum Gasteiger partial charge on any atom is 0.254 e. The number of hydrogen-bond acceptors (Lipinski definition) is 5. The number of benzene rings is 2. The number of ether oxygens (including phenoxy) is 1. The molecule has 1 amide bonds. The maximum absolute atomic E-state index is 12.1. The number of carbonyl (C=O) groups is 1. The molecule has 5 N–H and O–H groups in total. The molecule has 0 spiro atoms. The average Bonchev–Trinajstić information content (AvgIpc) is 3.07. The van der Waals surface area contributed by atoms with Crippen molar-refractivity contribution in [2.24, 2.45) is 5.73 Å². The smallest absolute Gasteiger partial charge is 0.254 e. The van der Waals surface area contributed by atoms with Crippen molar-refractivity contribution in [3.05, 3.63) is 60.2 Å². The van der Waals surface area contributed by atoms with E-state index in [4.69, 9.17) is 16.2 Å². The Kier molecular flexibility index (Phi) is 6.41. The number of primary amides is 1. The molecule has 7 nitrogen and oxygen atoms in total. The number of hydrogen-bond donors (Lipinski definition) is 3. The SMILES string of the molecule is Cl.NC(=O)c1c(-c2ccc(Oc3ccccc3)cc2)nn([C@@H]2CCCNC2)c1N. The van der Waals surface area contributed by atoms with E-state index in [-0.39, 0.29) is 24.0 Å². The molecule has 1 saturated heterocycles. The van der Waals surface area contributed by atoms with Gasteiger partial charge in [0.2, 0.25) is 0 Å². The molecule has 0 radical (unpaired) electrons. The highest BCUT2D eigenvalue weighted by Gasteiger charge is 2.26. The largest absolute Gasteiger partial charge is 0.457 e. The molecule has 8 heteroatoms. The van der Waals surface area contributed by atoms with Crippen LogP contribution in [0.2, 0.25) is 0 Å². The lowest BCUT2D eigenvalue weighted by molar-refractivity contribution is 0.100. The van der Waals surface area contributed by atoms with Gasteiger partial charge in [-0.05, 0) is 55.8 Å². The Morgan fingerprint density at radius 3 is 2.41 bits per heavy atom. The van der Waals surface area contributed by atoms with E-state index in [2.05, 4.69) is 10.4 Å². The zero-order valence-electron chi connectivity index (χ0n) is 15.9. The summed E-state index contributed by atoms with van der Waals surface area (Å²) in [5, 5.41) is 7.99. The first-order valence-electron chi connectivity index (χ1n) is 9.35. The molecule has 2 aromatic carbocycles. The molecule has 1 aliphatic rings. The predicted molar refractivity (Wildman–Crippen MR) is 115 cm³/mol. The van der Waals surface area contributed by atoms with Crippen LogP contribution in [0.15, 0.2) is 54.6 Å². The number of nitrogens with two attached hydrogens (primary N) is 2. The first-order chi connectivity index (χ1) is 13.6. The Morgan fingerprint density at radius 1 is 1.10 bits per heavy atom. The van der Waals surface area contributed by atoms with Crippen LogP contribution in [-0.2, 0) is 0 Å². The van der Waals surface area contributed by atoms with E-state index in [0.717, 1.165) is 37.2 Å². The first kappa shape index (κ1) is 20.7. The monoisotopic (exact) mass is 413 g/mol. The van der Waals surface area contributed by atoms with Crippen LogP contribution in [0.3, 0.4) is 0 Å². The van der Waals surface area contributed by atoms with Gasteiger partial charge in [-0.1, -0.05) is 18.2 Å². The molecule has 1 atom stereocenters. The van der Waals surface area contributed by atoms with Crippen LogP contribution in [-0.4, -0.2) is 28.8 Å². The van der Waals surface area contributed by atoms with Gasteiger partial charge in [0.05, 0.1) is 6.04 Å². The number of halogens is 1. The zero-order chi connectivity index (χ0) is 19.5. The van der Waals surface area contributed by atoms with E-state index in [1.807, 2.05) is 54.6 Å². The number of nitrogen functional groups attached to an aromatic ring is 1. The van der Waals surface area contributed by atoms with Crippen molar-refractivity contribution in [2.75, 3.05) is 18.8 Å². The van der Waals surface area contributed by atoms with Crippen molar-refractivity contribution in [1.29, 1.82) is 0 Å². The number of para-hydroxylation sites is 1. The Bertz CT molecular complexity index is 967. The van der Waals surface area contributed by atoms with Crippen molar-refractivity contribution >= 4 is 24.1 Å². The molecule has 3 aromatic rings. The molecule has 152 valence electrons. The van der Waals surface area contributed by atoms with Gasteiger partial charge in [-0.15, -0.1) is 12.4 Å². The van der Waals surface area contributed by atoms with E-state index in [9.17, 15) is 4.79 Å². The lowest BCUT2D eigenvalue weighted by Gasteiger charge is -2.23. The molecular formula is C21H24ClN5O2. The number of carbonyl (C=O) groups excluding carboxylic acids is 1. The highest BCUT2D eigenvalue weighted by atomic mass is 35.5. The van der Waals surface area contributed by atoms with Crippen LogP contribution in [0, 0.1) is 0 Å². The Balaban J connectivity index is 0.00000240. The van der Waals surface area contributed by atoms with Gasteiger partial charge >= 0.3 is 0 Å². The van der Waals surface area contributed by atoms with Crippen molar-refractivity contribution in [3.8, 4) is 22.8 Å². The molecule has 29 heavy (non-hydrogen) atoms. The minimum Gasteiger partial charge on any atom is -0.457 e. The fourth-order valence-corrected chi connectivity index (χ4v) is 3.52. The van der Waals surface area contributed by atoms with Gasteiger partial charge < -0.3 is 21.5 Å². The highest BCUT2D eigenvalue weighted by Crippen LogP contribution is 2.32. The van der Waals surface area contributed by atoms with Gasteiger partial charge in [0.25, 0.3) is 5.91 Å². The highest BCUT2D eigenvalue weighted by molar-refractivity contribution is 6.03. The standard InChI is InChI=1S/C21H23N5O2.ClH/c22-20-18(21(23)27)19(25-26(20)15-5-4-12-24-13-15)14-8-10-17(11-9-14)28-16-6-2-1-3-7-16;/h1-3,6-11,15,24H,4-5,12-13,22H2,(H2,23,27);1H/t15-;/m1./s1. The third kappa shape index (κ3) is 4.36. The van der Waals surface area contributed by atoms with Crippen LogP contribution in [0.1, 0.15) is 29.2 Å². The quantitative estimate of drug-likeness (QED) is 0.594. The molecule has 0 aliphatic carbocycles. The lowest BCUT2D eigenvalue weighted by atomic mass is 10.1. The van der Waals surface area contributed by atoms with Crippen LogP contribution < -0.4 is 21.5 Å². The molecule has 1 fully saturated rings. The molecule has 0 bridgehead atoms. The summed E-state index contributed by atoms with van der Waals surface area (Å²) in [6.07, 6.45) is 2.00. The topological polar surface area (TPSA) is 108 Å². The number of amides is 1. The van der Waals surface area contributed by atoms with Crippen molar-refractivity contribution in [1.82, 2.24) is 15.1 Å². The molecular weight excluding hydrogens is 390 g/mol. The Hall–Kier alpha value is -3.03. The number of rotatable bonds is 5. The normalized spacial score (nSPS) is 16.1. The van der Waals surface area contributed by atoms with Gasteiger partial charge in [-0.3, -0.25) is 4.79 Å². The molecule has 1 aliphatic heterocycles. The minimum absolute atomic E-state index is 0. The summed E-state index contributed by atoms with van der Waals surface area (Å²) in [7, 11) is 0. The fourth-order valence-electron chi connectivity index (χ4n) is 3.52. The van der Waals surface area contributed by atoms with E-state index in [1.54, 1.807) is 4.68 Å². The summed E-state index contributed by atoms with van der Waals surface area (Å²) in [6.45, 7) is 1.75. The summed E-state index contributed by atoms with van der Waals surface area (Å²) in [5.41, 5.74) is 13.4. The number of nitrogens with zero attached hydrogens (tertiary/aromatic N) is 2. The van der Waals surface area contributed by atoms with Gasteiger partial charge in [-0.25, -0.2) is 4.68 Å². The second-order valence-corrected chi connectivity index (χ2v) is 6.86. The van der Waals surface area contributed by atoms with E-state index < -0.39 is 5.91 Å². The number of aromatic nitrogens is 2. The second-order valence-electron chi connectivity index (χ2n) is 6.86. The summed E-state index contributed by atoms with van der Waals surface area (Å²) in [5.74, 6) is 1.19. The van der Waals surface area contributed by atoms with Gasteiger partial charge in [-0.2, -0.15) is 5.10 Å². The Morgan fingerprint density at radius 2 is 1.79 bits per heavy atom. The molecule has 1 aromatic heterocycles. The third-order valence-electron chi connectivity index (χ3n) is 4.92. The maximum atomic E-state index is 12.1. The van der Waals surface area contributed by atoms with E-state index in [1.165, 1.54) is 0 Å². The number of nitrogens with one attached hydrogen (secondary N) is 1. The molecule has 2 heterocycles. The second kappa shape index (κ2) is 8.98. The molecule has 0 unspecified atom stereocenters. The van der Waals surface area contributed by atoms with Crippen molar-refractivity contribution < 1.29 is 9.53 Å². The third-order valence-corrected chi connectivity index (χ3v) is 4.92. The van der Waals surface area contributed by atoms with E-state index >= 15 is 0 Å².